The van der Waals surface area contributed by atoms with Gasteiger partial charge in [-0.1, -0.05) is 18.2 Å². The molecule has 1 aliphatic rings. The van der Waals surface area contributed by atoms with Gasteiger partial charge in [-0.3, -0.25) is 9.69 Å². The van der Waals surface area contributed by atoms with Crippen LogP contribution in [0.15, 0.2) is 42.5 Å². The van der Waals surface area contributed by atoms with Gasteiger partial charge < -0.3 is 15.7 Å². The lowest BCUT2D eigenvalue weighted by Gasteiger charge is -2.33. The predicted molar refractivity (Wildman–Crippen MR) is 138 cm³/mol. The quantitative estimate of drug-likeness (QED) is 0.534. The number of aryl methyl sites for hydroxylation is 1. The summed E-state index contributed by atoms with van der Waals surface area (Å²) in [7, 11) is -3.49. The third-order valence-corrected chi connectivity index (χ3v) is 7.58. The summed E-state index contributed by atoms with van der Waals surface area (Å²) in [5.41, 5.74) is 8.18. The topological polar surface area (TPSA) is 162 Å². The number of aliphatic carboxylic acids is 1. The Labute approximate surface area is 216 Å². The maximum absolute atomic E-state index is 13.3. The number of rotatable bonds is 8. The fourth-order valence-electron chi connectivity index (χ4n) is 4.56. The molecule has 10 nitrogen and oxygen atoms in total. The number of urea groups is 1. The fourth-order valence-corrected chi connectivity index (χ4v) is 5.21. The predicted octanol–water partition coefficient (Wildman–Crippen LogP) is 2.66. The van der Waals surface area contributed by atoms with Crippen molar-refractivity contribution < 1.29 is 27.9 Å². The normalized spacial score (nSPS) is 15.0. The van der Waals surface area contributed by atoms with E-state index in [1.807, 2.05) is 12.1 Å². The second-order valence-electron chi connectivity index (χ2n) is 9.28. The molecule has 2 aromatic rings. The van der Waals surface area contributed by atoms with Crippen LogP contribution in [0.4, 0.5) is 10.5 Å². The van der Waals surface area contributed by atoms with Gasteiger partial charge in [-0.2, -0.15) is 5.26 Å². The number of carboxylic acids is 1. The number of carbonyl (C=O) groups excluding carboxylic acids is 2. The molecule has 3 amide bonds. The molecule has 1 heterocycles. The molecular formula is C26H30N4O6S. The first kappa shape index (κ1) is 27.7. The maximum atomic E-state index is 13.3. The van der Waals surface area contributed by atoms with Crippen molar-refractivity contribution in [3.8, 4) is 6.07 Å². The van der Waals surface area contributed by atoms with Crippen LogP contribution in [0.1, 0.15) is 52.2 Å². The summed E-state index contributed by atoms with van der Waals surface area (Å²) < 4.78 is 23.2. The van der Waals surface area contributed by atoms with E-state index in [9.17, 15) is 27.9 Å². The summed E-state index contributed by atoms with van der Waals surface area (Å²) in [6.07, 6.45) is 2.12. The summed E-state index contributed by atoms with van der Waals surface area (Å²) in [6, 6.07) is 11.6. The molecule has 0 aromatic heterocycles. The first-order chi connectivity index (χ1) is 17.4. The molecule has 196 valence electrons. The molecule has 3 N–H and O–H groups in total. The number of nitriles is 1. The molecule has 2 aromatic carbocycles. The van der Waals surface area contributed by atoms with E-state index in [1.54, 1.807) is 36.1 Å². The number of anilines is 1. The number of piperidine rings is 1. The highest BCUT2D eigenvalue weighted by molar-refractivity contribution is 7.90. The highest BCUT2D eigenvalue weighted by Crippen LogP contribution is 2.30. The average molecular weight is 527 g/mol. The molecule has 37 heavy (non-hydrogen) atoms. The van der Waals surface area contributed by atoms with Crippen LogP contribution in [0.25, 0.3) is 0 Å². The molecular weight excluding hydrogens is 496 g/mol. The smallest absolute Gasteiger partial charge is 0.326 e. The van der Waals surface area contributed by atoms with Crippen molar-refractivity contribution in [3.63, 3.8) is 0 Å². The first-order valence-corrected chi connectivity index (χ1v) is 13.9. The van der Waals surface area contributed by atoms with E-state index in [0.717, 1.165) is 29.6 Å². The van der Waals surface area contributed by atoms with Crippen LogP contribution in [0.2, 0.25) is 0 Å². The lowest BCUT2D eigenvalue weighted by Crippen LogP contribution is -2.49. The summed E-state index contributed by atoms with van der Waals surface area (Å²) in [5.74, 6) is -1.84. The van der Waals surface area contributed by atoms with Crippen molar-refractivity contribution in [3.05, 3.63) is 64.7 Å². The third kappa shape index (κ3) is 6.86. The Morgan fingerprint density at radius 2 is 1.78 bits per heavy atom. The average Bonchev–Trinajstić information content (AvgIpc) is 2.86. The molecule has 1 fully saturated rings. The molecule has 1 aliphatic heterocycles. The molecule has 0 unspecified atom stereocenters. The van der Waals surface area contributed by atoms with E-state index in [1.165, 1.54) is 6.07 Å². The molecule has 0 bridgehead atoms. The summed E-state index contributed by atoms with van der Waals surface area (Å²) >= 11 is 0. The van der Waals surface area contributed by atoms with Crippen LogP contribution in [0, 0.1) is 18.3 Å². The lowest BCUT2D eigenvalue weighted by atomic mass is 9.89. The van der Waals surface area contributed by atoms with Crippen LogP contribution >= 0.6 is 0 Å². The van der Waals surface area contributed by atoms with Crippen LogP contribution in [-0.4, -0.2) is 67.5 Å². The van der Waals surface area contributed by atoms with E-state index in [0.29, 0.717) is 24.2 Å². The molecule has 3 rings (SSSR count). The zero-order chi connectivity index (χ0) is 27.3. The largest absolute Gasteiger partial charge is 0.480 e. The van der Waals surface area contributed by atoms with Crippen LogP contribution in [-0.2, 0) is 14.6 Å². The Kier molecular flexibility index (Phi) is 8.55. The van der Waals surface area contributed by atoms with Crippen LogP contribution in [0.5, 0.6) is 0 Å². The number of primary amides is 1. The number of amides is 3. The zero-order valence-electron chi connectivity index (χ0n) is 20.8. The minimum atomic E-state index is -3.49. The SMILES string of the molecule is Cc1ccc(C(=O)N2CCC(c3ccc(C#N)cc3)CC2)cc1N(C(N)=O)[C@@H](CCS(C)(=O)=O)C(=O)O. The standard InChI is InChI=1S/C26H30N4O6S/c1-17-3-6-21(15-23(17)30(26(28)34)22(25(32)33)11-14-37(2,35)36)24(31)29-12-9-20(10-13-29)19-7-4-18(16-27)5-8-19/h3-8,15,20,22H,9-14H2,1-2H3,(H2,28,34)(H,32,33)/t22-/m0/s1. The van der Waals surface area contributed by atoms with Crippen molar-refractivity contribution in [1.29, 1.82) is 5.26 Å². The summed E-state index contributed by atoms with van der Waals surface area (Å²) in [6.45, 7) is 2.68. The highest BCUT2D eigenvalue weighted by Gasteiger charge is 2.32. The number of hydrogen-bond acceptors (Lipinski definition) is 6. The number of sulfone groups is 1. The maximum Gasteiger partial charge on any atom is 0.326 e. The Morgan fingerprint density at radius 3 is 2.30 bits per heavy atom. The molecule has 1 saturated heterocycles. The van der Waals surface area contributed by atoms with Crippen molar-refractivity contribution in [2.24, 2.45) is 5.73 Å². The number of benzene rings is 2. The van der Waals surface area contributed by atoms with E-state index in [4.69, 9.17) is 11.0 Å². The monoisotopic (exact) mass is 526 g/mol. The molecule has 0 spiro atoms. The summed E-state index contributed by atoms with van der Waals surface area (Å²) in [5, 5.41) is 18.7. The van der Waals surface area contributed by atoms with E-state index in [-0.39, 0.29) is 29.5 Å². The van der Waals surface area contributed by atoms with Gasteiger partial charge in [0.1, 0.15) is 15.9 Å². The number of nitrogens with two attached hydrogens (primary N) is 1. The van der Waals surface area contributed by atoms with E-state index < -0.39 is 33.6 Å². The van der Waals surface area contributed by atoms with E-state index in [2.05, 4.69) is 6.07 Å². The van der Waals surface area contributed by atoms with Gasteiger partial charge >= 0.3 is 12.0 Å². The van der Waals surface area contributed by atoms with Crippen molar-refractivity contribution in [2.75, 3.05) is 30.0 Å². The number of likely N-dealkylation sites (tertiary alicyclic amines) is 1. The van der Waals surface area contributed by atoms with Gasteiger partial charge in [0.2, 0.25) is 0 Å². The van der Waals surface area contributed by atoms with E-state index >= 15 is 0 Å². The lowest BCUT2D eigenvalue weighted by molar-refractivity contribution is -0.138. The molecule has 0 radical (unpaired) electrons. The van der Waals surface area contributed by atoms with Gasteiger partial charge in [0.25, 0.3) is 5.91 Å². The third-order valence-electron chi connectivity index (χ3n) is 6.61. The van der Waals surface area contributed by atoms with Gasteiger partial charge in [0, 0.05) is 24.9 Å². The van der Waals surface area contributed by atoms with Crippen molar-refractivity contribution in [2.45, 2.75) is 38.1 Å². The van der Waals surface area contributed by atoms with Gasteiger partial charge in [0.05, 0.1) is 23.1 Å². The Bertz CT molecular complexity index is 1330. The first-order valence-electron chi connectivity index (χ1n) is 11.8. The van der Waals surface area contributed by atoms with Crippen LogP contribution < -0.4 is 10.6 Å². The Hall–Kier alpha value is -3.91. The van der Waals surface area contributed by atoms with Gasteiger partial charge in [-0.25, -0.2) is 18.0 Å². The minimum absolute atomic E-state index is 0.145. The highest BCUT2D eigenvalue weighted by atomic mass is 32.2. The number of carboxylic acid groups (broad SMARTS) is 1. The van der Waals surface area contributed by atoms with Gasteiger partial charge in [-0.05, 0) is 67.5 Å². The molecule has 0 aliphatic carbocycles. The molecule has 11 heteroatoms. The van der Waals surface area contributed by atoms with Crippen molar-refractivity contribution >= 4 is 33.4 Å². The minimum Gasteiger partial charge on any atom is -0.480 e. The second kappa shape index (κ2) is 11.4. The number of hydrogen-bond donors (Lipinski definition) is 2. The Balaban J connectivity index is 1.80. The fraction of sp³-hybridized carbons (Fsp3) is 0.385. The van der Waals surface area contributed by atoms with Gasteiger partial charge in [-0.15, -0.1) is 0 Å². The molecule has 0 saturated carbocycles. The Morgan fingerprint density at radius 1 is 1.16 bits per heavy atom. The van der Waals surface area contributed by atoms with Crippen LogP contribution in [0.3, 0.4) is 0 Å². The second-order valence-corrected chi connectivity index (χ2v) is 11.5. The molecule has 1 atom stereocenters. The zero-order valence-corrected chi connectivity index (χ0v) is 21.6. The summed E-state index contributed by atoms with van der Waals surface area (Å²) in [4.78, 5) is 40.2. The van der Waals surface area contributed by atoms with Crippen molar-refractivity contribution in [1.82, 2.24) is 4.90 Å². The number of nitrogens with zero attached hydrogens (tertiary/aromatic N) is 3. The van der Waals surface area contributed by atoms with Gasteiger partial charge in [0.15, 0.2) is 0 Å². The number of carbonyl (C=O) groups is 3.